The smallest absolute Gasteiger partial charge is 0.355 e. The van der Waals surface area contributed by atoms with Crippen LogP contribution in [0.15, 0.2) is 53.6 Å². The third-order valence-electron chi connectivity index (χ3n) is 4.49. The lowest BCUT2D eigenvalue weighted by Gasteiger charge is -2.20. The molecule has 0 aliphatic carbocycles. The van der Waals surface area contributed by atoms with Gasteiger partial charge in [0.2, 0.25) is 0 Å². The average Bonchev–Trinajstić information content (AvgIpc) is 3.08. The van der Waals surface area contributed by atoms with E-state index in [1.54, 1.807) is 19.1 Å². The fraction of sp³-hybridized carbons (Fsp3) is 0.286. The van der Waals surface area contributed by atoms with Crippen molar-refractivity contribution in [3.05, 3.63) is 70.8 Å². The van der Waals surface area contributed by atoms with Crippen LogP contribution in [0.1, 0.15) is 39.9 Å². The highest BCUT2D eigenvalue weighted by Crippen LogP contribution is 2.29. The lowest BCUT2D eigenvalue weighted by Crippen LogP contribution is -2.37. The van der Waals surface area contributed by atoms with E-state index in [1.165, 1.54) is 0 Å². The number of carbonyl (C=O) groups is 2. The standard InChI is InChI=1S/C21H22N2O3/c1-4-26-21(25)19-17(15-9-5-13(2)6-10-15)18(22-23-19)20(24)16-11-7-14(3)8-12-16/h5-12,17-18,22H,4H2,1-3H3. The summed E-state index contributed by atoms with van der Waals surface area (Å²) in [6.45, 7) is 5.97. The van der Waals surface area contributed by atoms with E-state index in [4.69, 9.17) is 4.74 Å². The average molecular weight is 350 g/mol. The van der Waals surface area contributed by atoms with Crippen LogP contribution >= 0.6 is 0 Å². The van der Waals surface area contributed by atoms with E-state index in [0.717, 1.165) is 16.7 Å². The molecule has 1 aliphatic heterocycles. The van der Waals surface area contributed by atoms with Gasteiger partial charge in [0.25, 0.3) is 0 Å². The predicted molar refractivity (Wildman–Crippen MR) is 100 cm³/mol. The first-order valence-corrected chi connectivity index (χ1v) is 8.69. The molecule has 0 bridgehead atoms. The molecule has 0 aromatic heterocycles. The molecule has 2 unspecified atom stereocenters. The second-order valence-electron chi connectivity index (χ2n) is 6.44. The number of ether oxygens (including phenoxy) is 1. The number of nitrogens with zero attached hydrogens (tertiary/aromatic N) is 1. The Balaban J connectivity index is 1.96. The summed E-state index contributed by atoms with van der Waals surface area (Å²) in [7, 11) is 0. The van der Waals surface area contributed by atoms with Crippen LogP contribution in [0.4, 0.5) is 0 Å². The summed E-state index contributed by atoms with van der Waals surface area (Å²) >= 11 is 0. The summed E-state index contributed by atoms with van der Waals surface area (Å²) < 4.78 is 5.13. The normalized spacial score (nSPS) is 18.8. The molecule has 5 nitrogen and oxygen atoms in total. The van der Waals surface area contributed by atoms with Gasteiger partial charge in [0.1, 0.15) is 6.04 Å². The van der Waals surface area contributed by atoms with Crippen molar-refractivity contribution >= 4 is 17.5 Å². The minimum absolute atomic E-state index is 0.0985. The molecule has 0 saturated heterocycles. The molecule has 1 aliphatic rings. The van der Waals surface area contributed by atoms with Crippen LogP contribution in [0.5, 0.6) is 0 Å². The van der Waals surface area contributed by atoms with Crippen molar-refractivity contribution < 1.29 is 14.3 Å². The van der Waals surface area contributed by atoms with E-state index in [-0.39, 0.29) is 18.1 Å². The molecule has 1 N–H and O–H groups in total. The minimum Gasteiger partial charge on any atom is -0.461 e. The van der Waals surface area contributed by atoms with E-state index in [2.05, 4.69) is 10.5 Å². The number of benzene rings is 2. The van der Waals surface area contributed by atoms with Crippen molar-refractivity contribution in [3.8, 4) is 0 Å². The Labute approximate surface area is 153 Å². The topological polar surface area (TPSA) is 67.8 Å². The largest absolute Gasteiger partial charge is 0.461 e. The predicted octanol–water partition coefficient (Wildman–Crippen LogP) is 3.16. The van der Waals surface area contributed by atoms with Gasteiger partial charge in [0.05, 0.1) is 12.5 Å². The van der Waals surface area contributed by atoms with E-state index in [1.807, 2.05) is 50.2 Å². The number of aryl methyl sites for hydroxylation is 2. The molecule has 5 heteroatoms. The Hall–Kier alpha value is -2.95. The van der Waals surface area contributed by atoms with E-state index in [0.29, 0.717) is 5.56 Å². The summed E-state index contributed by atoms with van der Waals surface area (Å²) in [5.41, 5.74) is 6.73. The van der Waals surface area contributed by atoms with Crippen molar-refractivity contribution in [1.29, 1.82) is 0 Å². The zero-order valence-corrected chi connectivity index (χ0v) is 15.2. The highest BCUT2D eigenvalue weighted by Gasteiger charge is 2.41. The highest BCUT2D eigenvalue weighted by molar-refractivity contribution is 6.40. The molecule has 0 saturated carbocycles. The van der Waals surface area contributed by atoms with Crippen molar-refractivity contribution in [2.24, 2.45) is 5.10 Å². The number of hydrazone groups is 1. The first kappa shape index (κ1) is 17.9. The summed E-state index contributed by atoms with van der Waals surface area (Å²) in [6, 6.07) is 14.5. The molecule has 2 atom stereocenters. The molecule has 0 amide bonds. The van der Waals surface area contributed by atoms with Gasteiger partial charge in [-0.25, -0.2) is 4.79 Å². The number of esters is 1. The van der Waals surface area contributed by atoms with Gasteiger partial charge in [-0.05, 0) is 26.3 Å². The number of Topliss-reactive ketones (excluding diaryl/α,β-unsaturated/α-hetero) is 1. The fourth-order valence-corrected chi connectivity index (χ4v) is 3.05. The third-order valence-corrected chi connectivity index (χ3v) is 4.49. The molecule has 0 radical (unpaired) electrons. The number of hydrogen-bond acceptors (Lipinski definition) is 5. The Morgan fingerprint density at radius 2 is 1.58 bits per heavy atom. The summed E-state index contributed by atoms with van der Waals surface area (Å²) in [5, 5.41) is 4.15. The van der Waals surface area contributed by atoms with Crippen LogP contribution in [0.25, 0.3) is 0 Å². The molecule has 3 rings (SSSR count). The van der Waals surface area contributed by atoms with Gasteiger partial charge in [-0.3, -0.25) is 10.2 Å². The van der Waals surface area contributed by atoms with E-state index in [9.17, 15) is 9.59 Å². The third kappa shape index (κ3) is 3.52. The Morgan fingerprint density at radius 3 is 2.15 bits per heavy atom. The fourth-order valence-electron chi connectivity index (χ4n) is 3.05. The Morgan fingerprint density at radius 1 is 1.00 bits per heavy atom. The first-order valence-electron chi connectivity index (χ1n) is 8.69. The second-order valence-corrected chi connectivity index (χ2v) is 6.44. The van der Waals surface area contributed by atoms with Crippen LogP contribution < -0.4 is 5.43 Å². The van der Waals surface area contributed by atoms with Gasteiger partial charge in [-0.2, -0.15) is 5.10 Å². The molecular weight excluding hydrogens is 328 g/mol. The Kier molecular flexibility index (Phi) is 5.16. The number of nitrogens with one attached hydrogen (secondary N) is 1. The zero-order chi connectivity index (χ0) is 18.7. The lowest BCUT2D eigenvalue weighted by molar-refractivity contribution is -0.135. The van der Waals surface area contributed by atoms with Crippen LogP contribution in [0.2, 0.25) is 0 Å². The summed E-state index contributed by atoms with van der Waals surface area (Å²) in [6.07, 6.45) is 0. The molecule has 26 heavy (non-hydrogen) atoms. The van der Waals surface area contributed by atoms with Crippen molar-refractivity contribution in [2.45, 2.75) is 32.7 Å². The number of carbonyl (C=O) groups excluding carboxylic acids is 2. The number of rotatable bonds is 5. The van der Waals surface area contributed by atoms with Crippen LogP contribution in [-0.2, 0) is 9.53 Å². The van der Waals surface area contributed by atoms with Crippen molar-refractivity contribution in [3.63, 3.8) is 0 Å². The van der Waals surface area contributed by atoms with Gasteiger partial charge in [-0.1, -0.05) is 59.7 Å². The van der Waals surface area contributed by atoms with E-state index >= 15 is 0 Å². The minimum atomic E-state index is -0.639. The SMILES string of the molecule is CCOC(=O)C1=NNC(C(=O)c2ccc(C)cc2)C1c1ccc(C)cc1. The number of ketones is 1. The van der Waals surface area contributed by atoms with Gasteiger partial charge in [0, 0.05) is 5.56 Å². The molecular formula is C21H22N2O3. The van der Waals surface area contributed by atoms with Crippen LogP contribution in [0.3, 0.4) is 0 Å². The lowest BCUT2D eigenvalue weighted by atomic mass is 9.84. The molecule has 1 heterocycles. The van der Waals surface area contributed by atoms with Gasteiger partial charge in [-0.15, -0.1) is 0 Å². The quantitative estimate of drug-likeness (QED) is 0.664. The number of hydrogen-bond donors (Lipinski definition) is 1. The van der Waals surface area contributed by atoms with Gasteiger partial charge < -0.3 is 4.74 Å². The van der Waals surface area contributed by atoms with Crippen LogP contribution in [0, 0.1) is 13.8 Å². The molecule has 0 fully saturated rings. The van der Waals surface area contributed by atoms with Crippen molar-refractivity contribution in [2.75, 3.05) is 6.61 Å². The first-order chi connectivity index (χ1) is 12.5. The Bertz CT molecular complexity index is 839. The molecule has 0 spiro atoms. The maximum absolute atomic E-state index is 13.0. The van der Waals surface area contributed by atoms with Crippen molar-refractivity contribution in [1.82, 2.24) is 5.43 Å². The maximum atomic E-state index is 13.0. The van der Waals surface area contributed by atoms with Crippen LogP contribution in [-0.4, -0.2) is 30.1 Å². The molecule has 2 aromatic carbocycles. The van der Waals surface area contributed by atoms with Gasteiger partial charge in [0.15, 0.2) is 11.5 Å². The monoisotopic (exact) mass is 350 g/mol. The summed E-state index contributed by atoms with van der Waals surface area (Å²) in [5.74, 6) is -1.08. The highest BCUT2D eigenvalue weighted by atomic mass is 16.5. The van der Waals surface area contributed by atoms with E-state index < -0.39 is 17.9 Å². The maximum Gasteiger partial charge on any atom is 0.355 e. The zero-order valence-electron chi connectivity index (χ0n) is 15.2. The summed E-state index contributed by atoms with van der Waals surface area (Å²) in [4.78, 5) is 25.4. The molecule has 134 valence electrons. The van der Waals surface area contributed by atoms with Gasteiger partial charge >= 0.3 is 5.97 Å². The second kappa shape index (κ2) is 7.52. The molecule has 2 aromatic rings.